The largest absolute Gasteiger partial charge is 0.205 e. The Labute approximate surface area is 154 Å². The zero-order chi connectivity index (χ0) is 17.6. The van der Waals surface area contributed by atoms with Crippen molar-refractivity contribution in [1.29, 1.82) is 0 Å². The number of hydrogen-bond donors (Lipinski definition) is 0. The molecule has 1 saturated heterocycles. The molecule has 11 heteroatoms. The van der Waals surface area contributed by atoms with E-state index in [1.807, 2.05) is 0 Å². The fraction of sp³-hybridized carbons (Fsp3) is 0.308. The van der Waals surface area contributed by atoms with Crippen LogP contribution in [0.5, 0.6) is 0 Å². The van der Waals surface area contributed by atoms with Crippen molar-refractivity contribution in [1.82, 2.24) is 0 Å². The van der Waals surface area contributed by atoms with Gasteiger partial charge in [-0.3, -0.25) is 0 Å². The third-order valence-electron chi connectivity index (χ3n) is 5.64. The lowest BCUT2D eigenvalue weighted by atomic mass is 8.57. The number of aryl methyl sites for hydroxylation is 1. The van der Waals surface area contributed by atoms with Crippen LogP contribution in [-0.2, 0) is 7.05 Å². The van der Waals surface area contributed by atoms with E-state index in [0.717, 1.165) is 0 Å². The number of hydrogen-bond acceptors (Lipinski definition) is 0. The van der Waals surface area contributed by atoms with Gasteiger partial charge < -0.3 is 0 Å². The molecule has 0 amide bonds. The highest BCUT2D eigenvalue weighted by atomic mass is 14.9. The van der Waals surface area contributed by atoms with E-state index >= 15 is 0 Å². The molecule has 1 aromatic carbocycles. The van der Waals surface area contributed by atoms with Crippen LogP contribution in [0.1, 0.15) is 18.4 Å². The summed E-state index contributed by atoms with van der Waals surface area (Å²) in [6.07, 6.45) is 0.421. The molecule has 1 nitrogen and oxygen atoms in total. The van der Waals surface area contributed by atoms with Gasteiger partial charge in [0.1, 0.15) is 13.7 Å². The Morgan fingerprint density at radius 1 is 1.00 bits per heavy atom. The highest BCUT2D eigenvalue weighted by Crippen LogP contribution is 2.52. The fourth-order valence-electron chi connectivity index (χ4n) is 4.29. The Balaban J connectivity index is 2.01. The van der Waals surface area contributed by atoms with Gasteiger partial charge >= 0.3 is 0 Å². The molecule has 24 heavy (non-hydrogen) atoms. The van der Waals surface area contributed by atoms with E-state index in [2.05, 4.69) is 55.1 Å². The average Bonchev–Trinajstić information content (AvgIpc) is 3.17. The van der Waals surface area contributed by atoms with Gasteiger partial charge in [0, 0.05) is 81.5 Å². The molecule has 3 rings (SSSR count). The van der Waals surface area contributed by atoms with E-state index in [-0.39, 0.29) is 13.0 Å². The SMILES string of the molecule is [B]B([B])B([B])B(B([B])[B])B1C(C)C1c1c2ccccc2cc[n+]1C. The van der Waals surface area contributed by atoms with Crippen LogP contribution in [0.3, 0.4) is 0 Å². The van der Waals surface area contributed by atoms with Gasteiger partial charge in [0.15, 0.2) is 11.9 Å². The molecule has 2 heterocycles. The smallest absolute Gasteiger partial charge is 0.183 e. The quantitative estimate of drug-likeness (QED) is 0.482. The molecule has 1 aliphatic heterocycles. The molecule has 0 aliphatic carbocycles. The van der Waals surface area contributed by atoms with Crippen molar-refractivity contribution in [2.75, 3.05) is 0 Å². The maximum atomic E-state index is 6.24. The first kappa shape index (κ1) is 18.1. The summed E-state index contributed by atoms with van der Waals surface area (Å²) in [6.45, 7) is 2.51. The minimum Gasteiger partial charge on any atom is -0.205 e. The summed E-state index contributed by atoms with van der Waals surface area (Å²) in [7, 11) is 32.1. The van der Waals surface area contributed by atoms with Crippen LogP contribution in [0, 0.1) is 0 Å². The molecule has 0 spiro atoms. The number of nitrogens with zero attached hydrogens (tertiary/aromatic N) is 1. The monoisotopic (exact) mass is 294 g/mol. The Hall–Kier alpha value is -0.721. The molecule has 0 N–H and O–H groups in total. The molecule has 2 unspecified atom stereocenters. The molecule has 1 aromatic heterocycles. The van der Waals surface area contributed by atoms with Gasteiger partial charge in [0.05, 0.1) is 0 Å². The molecule has 100 valence electrons. The standard InChI is InChI=1S/C13H14B10N/c1-9-12(19(9)23(21(16)17)22(18)20(14)15)13-11-6-4-3-5-10(11)7-8-24(13)2/h3-9,12H,1-2H3/q+1. The van der Waals surface area contributed by atoms with Gasteiger partial charge in [-0.1, -0.05) is 30.9 Å². The molecule has 0 bridgehead atoms. The van der Waals surface area contributed by atoms with E-state index in [1.165, 1.54) is 16.5 Å². The first-order valence-corrected chi connectivity index (χ1v) is 8.49. The van der Waals surface area contributed by atoms with Gasteiger partial charge in [-0.15, -0.1) is 0 Å². The van der Waals surface area contributed by atoms with Crippen molar-refractivity contribution in [3.8, 4) is 0 Å². The van der Waals surface area contributed by atoms with Crippen molar-refractivity contribution < 1.29 is 4.57 Å². The Morgan fingerprint density at radius 3 is 2.29 bits per heavy atom. The molecule has 2 aromatic rings. The predicted molar refractivity (Wildman–Crippen MR) is 115 cm³/mol. The first-order chi connectivity index (χ1) is 11.3. The third kappa shape index (κ3) is 3.08. The number of benzene rings is 1. The van der Waals surface area contributed by atoms with Gasteiger partial charge in [-0.05, 0) is 11.5 Å². The summed E-state index contributed by atoms with van der Waals surface area (Å²) in [5.74, 6) is 0.789. The first-order valence-electron chi connectivity index (χ1n) is 8.49. The van der Waals surface area contributed by atoms with E-state index in [4.69, 9.17) is 38.7 Å². The van der Waals surface area contributed by atoms with Crippen LogP contribution < -0.4 is 4.57 Å². The van der Waals surface area contributed by atoms with Gasteiger partial charge in [0.25, 0.3) is 0 Å². The van der Waals surface area contributed by atoms with Crippen LogP contribution in [0.4, 0.5) is 0 Å². The lowest BCUT2D eigenvalue weighted by Crippen LogP contribution is -2.64. The molecular weight excluding hydrogens is 278 g/mol. The van der Waals surface area contributed by atoms with E-state index in [9.17, 15) is 0 Å². The summed E-state index contributed by atoms with van der Waals surface area (Å²) in [5.41, 5.74) is 1.30. The summed E-state index contributed by atoms with van der Waals surface area (Å²) in [4.78, 5) is 0. The highest BCUT2D eigenvalue weighted by Gasteiger charge is 2.60. The second-order valence-corrected chi connectivity index (χ2v) is 7.17. The summed E-state index contributed by atoms with van der Waals surface area (Å²) >= 11 is 0. The number of rotatable bonds is 5. The molecular formula is C13H14B10N+. The average molecular weight is 292 g/mol. The van der Waals surface area contributed by atoms with Crippen LogP contribution >= 0.6 is 0 Å². The van der Waals surface area contributed by atoms with Crippen molar-refractivity contribution in [2.24, 2.45) is 7.05 Å². The predicted octanol–water partition coefficient (Wildman–Crippen LogP) is -1.20. The second-order valence-electron chi connectivity index (χ2n) is 7.17. The Morgan fingerprint density at radius 2 is 1.67 bits per heavy atom. The molecule has 10 radical (unpaired) electrons. The fourth-order valence-corrected chi connectivity index (χ4v) is 4.29. The highest BCUT2D eigenvalue weighted by molar-refractivity contribution is 8.01. The summed E-state index contributed by atoms with van der Waals surface area (Å²) in [5, 5.41) is 2.49. The topological polar surface area (TPSA) is 3.88 Å². The van der Waals surface area contributed by atoms with Crippen LogP contribution in [0.2, 0.25) is 5.82 Å². The van der Waals surface area contributed by atoms with Gasteiger partial charge in [-0.2, -0.15) is 0 Å². The number of pyridine rings is 1. The second kappa shape index (κ2) is 6.88. The van der Waals surface area contributed by atoms with Crippen molar-refractivity contribution in [2.45, 2.75) is 18.6 Å². The Kier molecular flexibility index (Phi) is 5.19. The third-order valence-corrected chi connectivity index (χ3v) is 5.64. The lowest BCUT2D eigenvalue weighted by molar-refractivity contribution is -0.677. The van der Waals surface area contributed by atoms with Gasteiger partial charge in [-0.25, -0.2) is 4.57 Å². The number of fused-ring (bicyclic) bond motifs is 1. The molecule has 1 fully saturated rings. The van der Waals surface area contributed by atoms with Crippen molar-refractivity contribution >= 4 is 81.6 Å². The van der Waals surface area contributed by atoms with E-state index < -0.39 is 19.2 Å². The number of aromatic nitrogens is 1. The van der Waals surface area contributed by atoms with Gasteiger partial charge in [0.2, 0.25) is 0 Å². The normalized spacial score (nSPS) is 19.2. The maximum Gasteiger partial charge on any atom is 0.183 e. The summed E-state index contributed by atoms with van der Waals surface area (Å²) in [6, 6.07) is 10.6. The summed E-state index contributed by atoms with van der Waals surface area (Å²) < 4.78 is 2.19. The van der Waals surface area contributed by atoms with Crippen LogP contribution in [0.15, 0.2) is 36.5 Å². The maximum absolute atomic E-state index is 6.24. The van der Waals surface area contributed by atoms with Crippen molar-refractivity contribution in [3.63, 3.8) is 0 Å². The molecule has 2 atom stereocenters. The van der Waals surface area contributed by atoms with Crippen molar-refractivity contribution in [3.05, 3.63) is 42.2 Å². The minimum absolute atomic E-state index is 0.107. The van der Waals surface area contributed by atoms with E-state index in [0.29, 0.717) is 11.6 Å². The zero-order valence-corrected chi connectivity index (χ0v) is 14.3. The molecule has 1 aliphatic rings. The van der Waals surface area contributed by atoms with E-state index in [1.54, 1.807) is 0 Å². The van der Waals surface area contributed by atoms with Crippen LogP contribution in [0.25, 0.3) is 10.8 Å². The lowest BCUT2D eigenvalue weighted by Gasteiger charge is -2.25. The minimum atomic E-state index is -0.626. The molecule has 0 saturated carbocycles. The zero-order valence-electron chi connectivity index (χ0n) is 14.3. The van der Waals surface area contributed by atoms with Crippen LogP contribution in [-0.4, -0.2) is 70.8 Å². The Bertz CT molecular complexity index is 738.